The van der Waals surface area contributed by atoms with Gasteiger partial charge < -0.3 is 10.2 Å². The van der Waals surface area contributed by atoms with Crippen molar-refractivity contribution in [1.82, 2.24) is 10.2 Å². The Bertz CT molecular complexity index is 1250. The fourth-order valence-electron chi connectivity index (χ4n) is 3.97. The van der Waals surface area contributed by atoms with E-state index in [1.54, 1.807) is 17.0 Å². The first kappa shape index (κ1) is 21.3. The van der Waals surface area contributed by atoms with E-state index in [1.807, 2.05) is 74.5 Å². The van der Waals surface area contributed by atoms with Crippen LogP contribution in [0.4, 0.5) is 0 Å². The zero-order valence-electron chi connectivity index (χ0n) is 18.3. The number of amides is 2. The molecule has 0 unspecified atom stereocenters. The van der Waals surface area contributed by atoms with Gasteiger partial charge >= 0.3 is 0 Å². The number of benzene rings is 4. The van der Waals surface area contributed by atoms with Crippen molar-refractivity contribution in [2.24, 2.45) is 0 Å². The van der Waals surface area contributed by atoms with Crippen molar-refractivity contribution in [3.8, 4) is 0 Å². The predicted molar refractivity (Wildman–Crippen MR) is 131 cm³/mol. The summed E-state index contributed by atoms with van der Waals surface area (Å²) < 4.78 is 0. The van der Waals surface area contributed by atoms with Gasteiger partial charge in [0, 0.05) is 18.7 Å². The van der Waals surface area contributed by atoms with Gasteiger partial charge in [0.25, 0.3) is 11.8 Å². The molecule has 0 aliphatic carbocycles. The first-order valence-electron chi connectivity index (χ1n) is 10.9. The zero-order valence-corrected chi connectivity index (χ0v) is 18.3. The predicted octanol–water partition coefficient (Wildman–Crippen LogP) is 5.63. The topological polar surface area (TPSA) is 49.4 Å². The van der Waals surface area contributed by atoms with Crippen LogP contribution >= 0.6 is 0 Å². The third kappa shape index (κ3) is 4.26. The van der Waals surface area contributed by atoms with Crippen molar-refractivity contribution < 1.29 is 9.59 Å². The lowest BCUT2D eigenvalue weighted by atomic mass is 9.96. The number of nitrogens with one attached hydrogen (secondary N) is 1. The Balaban J connectivity index is 1.90. The zero-order chi connectivity index (χ0) is 22.5. The van der Waals surface area contributed by atoms with Crippen molar-refractivity contribution in [2.75, 3.05) is 13.1 Å². The van der Waals surface area contributed by atoms with Crippen LogP contribution in [0.15, 0.2) is 90.6 Å². The lowest BCUT2D eigenvalue weighted by molar-refractivity contribution is -0.127. The maximum Gasteiger partial charge on any atom is 0.270 e. The smallest absolute Gasteiger partial charge is 0.270 e. The Morgan fingerprint density at radius 3 is 1.88 bits per heavy atom. The molecule has 0 aromatic heterocycles. The Kier molecular flexibility index (Phi) is 6.31. The molecule has 0 atom stereocenters. The molecule has 2 amide bonds. The first-order valence-corrected chi connectivity index (χ1v) is 10.9. The Labute approximate surface area is 188 Å². The van der Waals surface area contributed by atoms with Crippen molar-refractivity contribution in [1.29, 1.82) is 0 Å². The molecule has 4 aromatic carbocycles. The second-order valence-electron chi connectivity index (χ2n) is 7.59. The van der Waals surface area contributed by atoms with Gasteiger partial charge in [-0.2, -0.15) is 0 Å². The number of rotatable bonds is 6. The molecule has 0 bridgehead atoms. The van der Waals surface area contributed by atoms with Crippen LogP contribution in [0.1, 0.15) is 29.8 Å². The number of carbonyl (C=O) groups excluding carboxylic acids is 2. The van der Waals surface area contributed by atoms with E-state index in [0.29, 0.717) is 18.7 Å². The number of hydrogen-bond acceptors (Lipinski definition) is 2. The summed E-state index contributed by atoms with van der Waals surface area (Å²) in [5.74, 6) is -0.502. The molecule has 0 saturated carbocycles. The highest BCUT2D eigenvalue weighted by molar-refractivity contribution is 6.11. The average molecular weight is 423 g/mol. The highest BCUT2D eigenvalue weighted by Crippen LogP contribution is 2.30. The van der Waals surface area contributed by atoms with Crippen molar-refractivity contribution >= 4 is 39.4 Å². The molecule has 4 rings (SSSR count). The monoisotopic (exact) mass is 422 g/mol. The fourth-order valence-corrected chi connectivity index (χ4v) is 3.97. The minimum atomic E-state index is -0.304. The van der Waals surface area contributed by atoms with Crippen LogP contribution in [0.25, 0.3) is 27.6 Å². The Hall–Kier alpha value is -3.92. The molecule has 0 aliphatic rings. The molecule has 160 valence electrons. The average Bonchev–Trinajstić information content (AvgIpc) is 2.84. The van der Waals surface area contributed by atoms with Gasteiger partial charge in [-0.25, -0.2) is 0 Å². The second kappa shape index (κ2) is 9.48. The quantitative estimate of drug-likeness (QED) is 0.323. The van der Waals surface area contributed by atoms with E-state index in [4.69, 9.17) is 0 Å². The van der Waals surface area contributed by atoms with E-state index in [1.165, 1.54) is 0 Å². The largest absolute Gasteiger partial charge is 0.338 e. The number of hydrogen-bond donors (Lipinski definition) is 1. The van der Waals surface area contributed by atoms with Gasteiger partial charge in [0.05, 0.1) is 0 Å². The molecular weight excluding hydrogens is 396 g/mol. The van der Waals surface area contributed by atoms with Crippen LogP contribution in [-0.2, 0) is 4.79 Å². The maximum absolute atomic E-state index is 13.4. The number of fused-ring (bicyclic) bond motifs is 2. The van der Waals surface area contributed by atoms with E-state index < -0.39 is 0 Å². The van der Waals surface area contributed by atoms with Crippen molar-refractivity contribution in [2.45, 2.75) is 13.8 Å². The minimum absolute atomic E-state index is 0.198. The van der Waals surface area contributed by atoms with Crippen LogP contribution in [0.3, 0.4) is 0 Å². The van der Waals surface area contributed by atoms with Crippen LogP contribution in [0.5, 0.6) is 0 Å². The summed E-state index contributed by atoms with van der Waals surface area (Å²) in [6, 6.07) is 27.3. The van der Waals surface area contributed by atoms with Gasteiger partial charge in [-0.15, -0.1) is 0 Å². The standard InChI is InChI=1S/C28H26N2O2/c1-3-30(4-2)28(32)26(29-27(31)20-12-6-5-7-13-20)19-25-23-16-10-8-14-21(23)18-22-15-9-11-17-24(22)25/h5-19H,3-4H2,1-2H3,(H,29,31)/b26-19+. The molecule has 0 fully saturated rings. The third-order valence-electron chi connectivity index (χ3n) is 5.67. The summed E-state index contributed by atoms with van der Waals surface area (Å²) in [6.07, 6.45) is 1.83. The molecule has 0 spiro atoms. The van der Waals surface area contributed by atoms with Crippen LogP contribution in [-0.4, -0.2) is 29.8 Å². The Morgan fingerprint density at radius 1 is 0.781 bits per heavy atom. The third-order valence-corrected chi connectivity index (χ3v) is 5.67. The molecule has 0 saturated heterocycles. The summed E-state index contributed by atoms with van der Waals surface area (Å²) in [5.41, 5.74) is 1.69. The van der Waals surface area contributed by atoms with Crippen molar-refractivity contribution in [3.63, 3.8) is 0 Å². The summed E-state index contributed by atoms with van der Waals surface area (Å²) in [6.45, 7) is 4.99. The molecular formula is C28H26N2O2. The van der Waals surface area contributed by atoms with Crippen LogP contribution in [0, 0.1) is 0 Å². The normalized spacial score (nSPS) is 11.5. The molecule has 0 aliphatic heterocycles. The molecule has 32 heavy (non-hydrogen) atoms. The minimum Gasteiger partial charge on any atom is -0.338 e. The molecule has 1 N–H and O–H groups in total. The van der Waals surface area contributed by atoms with Crippen LogP contribution in [0.2, 0.25) is 0 Å². The van der Waals surface area contributed by atoms with Gasteiger partial charge in [-0.3, -0.25) is 9.59 Å². The van der Waals surface area contributed by atoms with Crippen LogP contribution < -0.4 is 5.32 Å². The lowest BCUT2D eigenvalue weighted by Crippen LogP contribution is -2.38. The molecule has 4 heteroatoms. The molecule has 4 aromatic rings. The SMILES string of the molecule is CCN(CC)C(=O)/C(=C\c1c2ccccc2cc2ccccc12)NC(=O)c1ccccc1. The van der Waals surface area contributed by atoms with Gasteiger partial charge in [-0.1, -0.05) is 66.7 Å². The second-order valence-corrected chi connectivity index (χ2v) is 7.59. The van der Waals surface area contributed by atoms with Crippen molar-refractivity contribution in [3.05, 3.63) is 102 Å². The molecule has 0 radical (unpaired) electrons. The summed E-state index contributed by atoms with van der Waals surface area (Å²) in [7, 11) is 0. The number of carbonyl (C=O) groups is 2. The van der Waals surface area contributed by atoms with E-state index >= 15 is 0 Å². The van der Waals surface area contributed by atoms with Gasteiger partial charge in [0.15, 0.2) is 0 Å². The fraction of sp³-hybridized carbons (Fsp3) is 0.143. The van der Waals surface area contributed by atoms with E-state index in [2.05, 4.69) is 23.5 Å². The van der Waals surface area contributed by atoms with Gasteiger partial charge in [-0.05, 0) is 65.2 Å². The summed E-state index contributed by atoms with van der Waals surface area (Å²) in [5, 5.41) is 7.13. The molecule has 4 nitrogen and oxygen atoms in total. The highest BCUT2D eigenvalue weighted by Gasteiger charge is 2.20. The molecule has 0 heterocycles. The van der Waals surface area contributed by atoms with E-state index in [-0.39, 0.29) is 17.5 Å². The number of nitrogens with zero attached hydrogens (tertiary/aromatic N) is 1. The van der Waals surface area contributed by atoms with Gasteiger partial charge in [0.2, 0.25) is 0 Å². The summed E-state index contributed by atoms with van der Waals surface area (Å²) in [4.78, 5) is 28.1. The lowest BCUT2D eigenvalue weighted by Gasteiger charge is -2.21. The Morgan fingerprint density at radius 2 is 1.31 bits per heavy atom. The van der Waals surface area contributed by atoms with E-state index in [9.17, 15) is 9.59 Å². The first-order chi connectivity index (χ1) is 15.6. The van der Waals surface area contributed by atoms with Gasteiger partial charge in [0.1, 0.15) is 5.70 Å². The van der Waals surface area contributed by atoms with E-state index in [0.717, 1.165) is 27.1 Å². The highest BCUT2D eigenvalue weighted by atomic mass is 16.2. The maximum atomic E-state index is 13.4. The number of likely N-dealkylation sites (N-methyl/N-ethyl adjacent to an activating group) is 1. The summed E-state index contributed by atoms with van der Waals surface area (Å²) >= 11 is 0.